The van der Waals surface area contributed by atoms with E-state index in [9.17, 15) is 4.79 Å². The number of amides is 1. The van der Waals surface area contributed by atoms with Crippen molar-refractivity contribution in [3.05, 3.63) is 78.5 Å². The van der Waals surface area contributed by atoms with Gasteiger partial charge in [-0.15, -0.1) is 0 Å². The highest BCUT2D eigenvalue weighted by atomic mass is 16.3. The lowest BCUT2D eigenvalue weighted by Gasteiger charge is -2.31. The summed E-state index contributed by atoms with van der Waals surface area (Å²) in [5, 5.41) is 5.81. The van der Waals surface area contributed by atoms with E-state index < -0.39 is 0 Å². The molecule has 0 unspecified atom stereocenters. The standard InChI is InChI=1S/C25H24N4O2/c1-27-13-15-28(16-14-27)24(30)12-11-20-18-29(21-8-3-2-4-9-21)26-25(20)23-17-19-7-5-6-10-22(19)31-23/h2-12,17-18H,13-16H2,1H3/b12-11+. The quantitative estimate of drug-likeness (QED) is 0.474. The van der Waals surface area contributed by atoms with Crippen LogP contribution in [0.2, 0.25) is 0 Å². The number of carbonyl (C=O) groups excluding carboxylic acids is 1. The monoisotopic (exact) mass is 412 g/mol. The van der Waals surface area contributed by atoms with Gasteiger partial charge in [-0.3, -0.25) is 4.79 Å². The third-order valence-corrected chi connectivity index (χ3v) is 5.64. The molecule has 0 spiro atoms. The summed E-state index contributed by atoms with van der Waals surface area (Å²) in [6.45, 7) is 3.30. The molecule has 0 bridgehead atoms. The number of furan rings is 1. The summed E-state index contributed by atoms with van der Waals surface area (Å²) >= 11 is 0. The highest BCUT2D eigenvalue weighted by molar-refractivity contribution is 5.93. The van der Waals surface area contributed by atoms with Crippen molar-refractivity contribution in [1.82, 2.24) is 19.6 Å². The lowest BCUT2D eigenvalue weighted by Crippen LogP contribution is -2.46. The molecule has 31 heavy (non-hydrogen) atoms. The number of hydrogen-bond acceptors (Lipinski definition) is 4. The lowest BCUT2D eigenvalue weighted by atomic mass is 10.1. The number of benzene rings is 2. The van der Waals surface area contributed by atoms with Gasteiger partial charge in [-0.25, -0.2) is 4.68 Å². The Morgan fingerprint density at radius 2 is 1.74 bits per heavy atom. The number of para-hydroxylation sites is 2. The summed E-state index contributed by atoms with van der Waals surface area (Å²) in [4.78, 5) is 16.8. The van der Waals surface area contributed by atoms with Gasteiger partial charge in [0, 0.05) is 49.4 Å². The van der Waals surface area contributed by atoms with Gasteiger partial charge in [0.25, 0.3) is 0 Å². The SMILES string of the molecule is CN1CCN(C(=O)/C=C/c2cn(-c3ccccc3)nc2-c2cc3ccccc3o2)CC1. The first kappa shape index (κ1) is 19.3. The molecule has 156 valence electrons. The highest BCUT2D eigenvalue weighted by Gasteiger charge is 2.18. The van der Waals surface area contributed by atoms with Crippen molar-refractivity contribution < 1.29 is 9.21 Å². The number of piperazine rings is 1. The first-order valence-electron chi connectivity index (χ1n) is 10.5. The topological polar surface area (TPSA) is 54.5 Å². The van der Waals surface area contributed by atoms with Crippen LogP contribution in [-0.2, 0) is 4.79 Å². The van der Waals surface area contributed by atoms with E-state index in [1.54, 1.807) is 6.08 Å². The van der Waals surface area contributed by atoms with Crippen molar-refractivity contribution >= 4 is 23.0 Å². The number of hydrogen-bond donors (Lipinski definition) is 0. The van der Waals surface area contributed by atoms with E-state index in [1.165, 1.54) is 0 Å². The van der Waals surface area contributed by atoms with Gasteiger partial charge in [0.1, 0.15) is 11.3 Å². The summed E-state index contributed by atoms with van der Waals surface area (Å²) in [7, 11) is 2.08. The Balaban J connectivity index is 1.50. The average molecular weight is 412 g/mol. The predicted octanol–water partition coefficient (Wildman–Crippen LogP) is 4.07. The Hall–Kier alpha value is -3.64. The van der Waals surface area contributed by atoms with Crippen LogP contribution in [0.15, 0.2) is 77.4 Å². The molecule has 1 fully saturated rings. The molecule has 4 aromatic rings. The van der Waals surface area contributed by atoms with Crippen LogP contribution in [0.25, 0.3) is 34.2 Å². The van der Waals surface area contributed by atoms with Crippen LogP contribution in [0.5, 0.6) is 0 Å². The van der Waals surface area contributed by atoms with Crippen molar-refractivity contribution in [1.29, 1.82) is 0 Å². The van der Waals surface area contributed by atoms with Gasteiger partial charge in [-0.1, -0.05) is 36.4 Å². The van der Waals surface area contributed by atoms with E-state index in [2.05, 4.69) is 11.9 Å². The predicted molar refractivity (Wildman–Crippen MR) is 122 cm³/mol. The smallest absolute Gasteiger partial charge is 0.246 e. The van der Waals surface area contributed by atoms with E-state index in [1.807, 2.05) is 82.5 Å². The third kappa shape index (κ3) is 4.02. The van der Waals surface area contributed by atoms with E-state index in [0.717, 1.165) is 48.4 Å². The summed E-state index contributed by atoms with van der Waals surface area (Å²) in [5.74, 6) is 0.707. The van der Waals surface area contributed by atoms with Gasteiger partial charge >= 0.3 is 0 Å². The largest absolute Gasteiger partial charge is 0.454 e. The Morgan fingerprint density at radius 3 is 2.52 bits per heavy atom. The zero-order chi connectivity index (χ0) is 21.2. The van der Waals surface area contributed by atoms with E-state index >= 15 is 0 Å². The number of likely N-dealkylation sites (N-methyl/N-ethyl adjacent to an activating group) is 1. The molecule has 0 N–H and O–H groups in total. The Labute approximate surface area is 181 Å². The number of nitrogens with zero attached hydrogens (tertiary/aromatic N) is 4. The van der Waals surface area contributed by atoms with Gasteiger partial charge in [0.15, 0.2) is 5.76 Å². The van der Waals surface area contributed by atoms with Crippen LogP contribution < -0.4 is 0 Å². The molecule has 1 aliphatic rings. The zero-order valence-electron chi connectivity index (χ0n) is 17.4. The van der Waals surface area contributed by atoms with Crippen molar-refractivity contribution in [2.75, 3.05) is 33.2 Å². The second-order valence-corrected chi connectivity index (χ2v) is 7.82. The van der Waals surface area contributed by atoms with Gasteiger partial charge in [-0.2, -0.15) is 5.10 Å². The summed E-state index contributed by atoms with van der Waals surface area (Å²) in [5.41, 5.74) is 3.31. The van der Waals surface area contributed by atoms with Gasteiger partial charge < -0.3 is 14.2 Å². The maximum absolute atomic E-state index is 12.7. The van der Waals surface area contributed by atoms with Crippen LogP contribution in [-0.4, -0.2) is 58.7 Å². The number of rotatable bonds is 4. The molecule has 0 atom stereocenters. The molecule has 2 aromatic heterocycles. The Bertz CT molecular complexity index is 1200. The first-order valence-corrected chi connectivity index (χ1v) is 10.5. The molecule has 3 heterocycles. The number of fused-ring (bicyclic) bond motifs is 1. The zero-order valence-corrected chi connectivity index (χ0v) is 17.4. The Morgan fingerprint density at radius 1 is 1.00 bits per heavy atom. The van der Waals surface area contributed by atoms with Crippen LogP contribution in [0.3, 0.4) is 0 Å². The van der Waals surface area contributed by atoms with Crippen LogP contribution >= 0.6 is 0 Å². The van der Waals surface area contributed by atoms with Crippen molar-refractivity contribution in [2.24, 2.45) is 0 Å². The Kier molecular flexibility index (Phi) is 5.14. The maximum Gasteiger partial charge on any atom is 0.246 e. The number of carbonyl (C=O) groups is 1. The highest BCUT2D eigenvalue weighted by Crippen LogP contribution is 2.30. The normalized spacial score (nSPS) is 15.2. The maximum atomic E-state index is 12.7. The van der Waals surface area contributed by atoms with Gasteiger partial charge in [0.05, 0.1) is 5.69 Å². The lowest BCUT2D eigenvalue weighted by molar-refractivity contribution is -0.127. The van der Waals surface area contributed by atoms with E-state index in [4.69, 9.17) is 9.52 Å². The van der Waals surface area contributed by atoms with E-state index in [-0.39, 0.29) is 5.91 Å². The fourth-order valence-electron chi connectivity index (χ4n) is 3.81. The third-order valence-electron chi connectivity index (χ3n) is 5.64. The minimum atomic E-state index is 0.0242. The fourth-order valence-corrected chi connectivity index (χ4v) is 3.81. The van der Waals surface area contributed by atoms with Crippen LogP contribution in [0, 0.1) is 0 Å². The number of aromatic nitrogens is 2. The van der Waals surface area contributed by atoms with Crippen molar-refractivity contribution in [3.8, 4) is 17.1 Å². The molecule has 1 saturated heterocycles. The van der Waals surface area contributed by atoms with Gasteiger partial charge in [0.2, 0.25) is 5.91 Å². The summed E-state index contributed by atoms with van der Waals surface area (Å²) in [6.07, 6.45) is 5.42. The minimum Gasteiger partial charge on any atom is -0.454 e. The minimum absolute atomic E-state index is 0.0242. The van der Waals surface area contributed by atoms with Crippen molar-refractivity contribution in [3.63, 3.8) is 0 Å². The molecule has 1 aliphatic heterocycles. The molecule has 6 nitrogen and oxygen atoms in total. The molecular formula is C25H24N4O2. The molecule has 1 amide bonds. The molecule has 5 rings (SSSR count). The summed E-state index contributed by atoms with van der Waals surface area (Å²) < 4.78 is 7.89. The second kappa shape index (κ2) is 8.24. The molecule has 2 aromatic carbocycles. The molecular weight excluding hydrogens is 388 g/mol. The second-order valence-electron chi connectivity index (χ2n) is 7.82. The van der Waals surface area contributed by atoms with Crippen LogP contribution in [0.1, 0.15) is 5.56 Å². The van der Waals surface area contributed by atoms with Crippen molar-refractivity contribution in [2.45, 2.75) is 0 Å². The average Bonchev–Trinajstić information content (AvgIpc) is 3.42. The molecule has 6 heteroatoms. The molecule has 0 radical (unpaired) electrons. The van der Waals surface area contributed by atoms with E-state index in [0.29, 0.717) is 11.5 Å². The van der Waals surface area contributed by atoms with Crippen LogP contribution in [0.4, 0.5) is 0 Å². The molecule has 0 aliphatic carbocycles. The summed E-state index contributed by atoms with van der Waals surface area (Å²) in [6, 6.07) is 19.8. The van der Waals surface area contributed by atoms with Gasteiger partial charge in [-0.05, 0) is 37.4 Å². The molecule has 0 saturated carbocycles. The fraction of sp³-hybridized carbons (Fsp3) is 0.200. The first-order chi connectivity index (χ1) is 15.2.